The standard InChI is InChI=1S/C20H19ClN2O4/c21-9-1-4-14(15(24)7-9)22-16(25)5-6-23-19(26)17-10-2-3-11(13-8-12(10)13)18(17)20(23)27/h1-4,7,10-13,17-18,24H,5-6,8H2,(H,22,25)/t10-,11-,12-,13-,17+,18+/m1/s1. The number of likely N-dealkylation sites (tertiary alicyclic amines) is 1. The van der Waals surface area contributed by atoms with Gasteiger partial charge >= 0.3 is 0 Å². The molecule has 0 radical (unpaired) electrons. The predicted molar refractivity (Wildman–Crippen MR) is 97.8 cm³/mol. The topological polar surface area (TPSA) is 86.7 Å². The van der Waals surface area contributed by atoms with Crippen molar-refractivity contribution in [3.8, 4) is 5.75 Å². The quantitative estimate of drug-likeness (QED) is 0.472. The molecule has 3 amide bonds. The zero-order chi connectivity index (χ0) is 18.9. The van der Waals surface area contributed by atoms with Crippen molar-refractivity contribution >= 4 is 35.0 Å². The Bertz CT molecular complexity index is 862. The highest BCUT2D eigenvalue weighted by atomic mass is 35.5. The van der Waals surface area contributed by atoms with Crippen molar-refractivity contribution in [1.29, 1.82) is 0 Å². The molecule has 2 N–H and O–H groups in total. The molecule has 7 heteroatoms. The lowest BCUT2D eigenvalue weighted by Crippen LogP contribution is -2.40. The number of carbonyl (C=O) groups is 3. The lowest BCUT2D eigenvalue weighted by molar-refractivity contribution is -0.140. The molecule has 1 aromatic rings. The van der Waals surface area contributed by atoms with Gasteiger partial charge in [-0.25, -0.2) is 0 Å². The Morgan fingerprint density at radius 2 is 1.78 bits per heavy atom. The largest absolute Gasteiger partial charge is 0.506 e. The SMILES string of the molecule is O=C(CCN1C(=O)[C@H]2[C@@H]3C=C[C@H]([C@H]4C[C@H]34)[C@@H]2C1=O)Nc1ccc(Cl)cc1O. The second-order valence-corrected chi connectivity index (χ2v) is 8.38. The van der Waals surface area contributed by atoms with E-state index in [0.717, 1.165) is 6.42 Å². The molecule has 140 valence electrons. The molecule has 0 unspecified atom stereocenters. The highest BCUT2D eigenvalue weighted by Crippen LogP contribution is 2.65. The van der Waals surface area contributed by atoms with Crippen LogP contribution in [-0.4, -0.2) is 34.3 Å². The van der Waals surface area contributed by atoms with Crippen molar-refractivity contribution in [3.63, 3.8) is 0 Å². The monoisotopic (exact) mass is 386 g/mol. The van der Waals surface area contributed by atoms with E-state index in [1.807, 2.05) is 0 Å². The number of nitrogens with zero attached hydrogens (tertiary/aromatic N) is 1. The number of benzene rings is 1. The van der Waals surface area contributed by atoms with Gasteiger partial charge in [-0.2, -0.15) is 0 Å². The maximum Gasteiger partial charge on any atom is 0.233 e. The predicted octanol–water partition coefficient (Wildman–Crippen LogP) is 2.43. The van der Waals surface area contributed by atoms with Gasteiger partial charge in [-0.05, 0) is 42.2 Å². The number of anilines is 1. The van der Waals surface area contributed by atoms with E-state index in [1.165, 1.54) is 17.0 Å². The molecule has 2 bridgehead atoms. The molecule has 1 heterocycles. The van der Waals surface area contributed by atoms with E-state index in [0.29, 0.717) is 16.9 Å². The van der Waals surface area contributed by atoms with Gasteiger partial charge in [0.1, 0.15) is 5.75 Å². The van der Waals surface area contributed by atoms with Gasteiger partial charge < -0.3 is 10.4 Å². The first-order valence-electron chi connectivity index (χ1n) is 9.27. The molecule has 0 aromatic heterocycles. The minimum absolute atomic E-state index is 0.00535. The third-order valence-corrected chi connectivity index (χ3v) is 6.79. The fourth-order valence-electron chi connectivity index (χ4n) is 5.28. The highest BCUT2D eigenvalue weighted by Gasteiger charge is 2.66. The number of hydrogen-bond donors (Lipinski definition) is 2. The number of carbonyl (C=O) groups excluding carboxylic acids is 3. The van der Waals surface area contributed by atoms with Crippen LogP contribution < -0.4 is 5.32 Å². The number of aromatic hydroxyl groups is 1. The number of halogens is 1. The summed E-state index contributed by atoms with van der Waals surface area (Å²) >= 11 is 5.78. The normalized spacial score (nSPS) is 35.2. The molecule has 2 saturated carbocycles. The van der Waals surface area contributed by atoms with Crippen LogP contribution in [-0.2, 0) is 14.4 Å². The molecule has 4 aliphatic carbocycles. The van der Waals surface area contributed by atoms with E-state index in [9.17, 15) is 19.5 Å². The first kappa shape index (κ1) is 16.8. The summed E-state index contributed by atoms with van der Waals surface area (Å²) in [6.45, 7) is 0.0691. The van der Waals surface area contributed by atoms with Gasteiger partial charge in [0.05, 0.1) is 17.5 Å². The molecule has 5 aliphatic rings. The Hall–Kier alpha value is -2.34. The lowest BCUT2D eigenvalue weighted by Gasteiger charge is -2.37. The maximum absolute atomic E-state index is 12.9. The van der Waals surface area contributed by atoms with Crippen LogP contribution in [0, 0.1) is 35.5 Å². The number of phenols is 1. The van der Waals surface area contributed by atoms with Crippen LogP contribution in [0.25, 0.3) is 0 Å². The average molecular weight is 387 g/mol. The number of imide groups is 1. The fourth-order valence-corrected chi connectivity index (χ4v) is 5.44. The van der Waals surface area contributed by atoms with Gasteiger partial charge in [0.15, 0.2) is 0 Å². The highest BCUT2D eigenvalue weighted by molar-refractivity contribution is 6.30. The molecule has 6 nitrogen and oxygen atoms in total. The van der Waals surface area contributed by atoms with E-state index in [4.69, 9.17) is 11.6 Å². The molecule has 27 heavy (non-hydrogen) atoms. The minimum Gasteiger partial charge on any atom is -0.506 e. The van der Waals surface area contributed by atoms with Gasteiger partial charge in [0, 0.05) is 24.1 Å². The van der Waals surface area contributed by atoms with E-state index >= 15 is 0 Å². The summed E-state index contributed by atoms with van der Waals surface area (Å²) < 4.78 is 0. The number of nitrogens with one attached hydrogen (secondary N) is 1. The summed E-state index contributed by atoms with van der Waals surface area (Å²) in [6.07, 6.45) is 5.38. The average Bonchev–Trinajstić information content (AvgIpc) is 3.41. The molecule has 1 aromatic carbocycles. The molecule has 6 rings (SSSR count). The zero-order valence-electron chi connectivity index (χ0n) is 14.5. The number of amides is 3. The van der Waals surface area contributed by atoms with Crippen LogP contribution in [0.2, 0.25) is 5.02 Å². The molecule has 0 spiro atoms. The molecular formula is C20H19ClN2O4. The first-order chi connectivity index (χ1) is 13.0. The molecule has 6 atom stereocenters. The summed E-state index contributed by atoms with van der Waals surface area (Å²) in [7, 11) is 0. The summed E-state index contributed by atoms with van der Waals surface area (Å²) in [5.74, 6) is 0.276. The summed E-state index contributed by atoms with van der Waals surface area (Å²) in [6, 6.07) is 4.40. The Morgan fingerprint density at radius 3 is 2.37 bits per heavy atom. The molecule has 1 aliphatic heterocycles. The van der Waals surface area contributed by atoms with Gasteiger partial charge in [-0.15, -0.1) is 0 Å². The van der Waals surface area contributed by atoms with Crippen LogP contribution in [0.1, 0.15) is 12.8 Å². The summed E-state index contributed by atoms with van der Waals surface area (Å²) in [5.41, 5.74) is 0.250. The lowest BCUT2D eigenvalue weighted by atomic mass is 9.63. The molecular weight excluding hydrogens is 368 g/mol. The van der Waals surface area contributed by atoms with Gasteiger partial charge in [0.25, 0.3) is 0 Å². The van der Waals surface area contributed by atoms with Crippen LogP contribution in [0.3, 0.4) is 0 Å². The fraction of sp³-hybridized carbons (Fsp3) is 0.450. The molecule has 3 fully saturated rings. The number of allylic oxidation sites excluding steroid dienone is 2. The Kier molecular flexibility index (Phi) is 3.63. The minimum atomic E-state index is -0.368. The van der Waals surface area contributed by atoms with E-state index < -0.39 is 0 Å². The van der Waals surface area contributed by atoms with Crippen molar-refractivity contribution in [3.05, 3.63) is 35.4 Å². The van der Waals surface area contributed by atoms with E-state index in [2.05, 4.69) is 17.5 Å². The van der Waals surface area contributed by atoms with E-state index in [1.54, 1.807) is 6.07 Å². The van der Waals surface area contributed by atoms with Gasteiger partial charge in [-0.1, -0.05) is 23.8 Å². The number of phenolic OH excluding ortho intramolecular Hbond substituents is 1. The zero-order valence-corrected chi connectivity index (χ0v) is 15.2. The number of rotatable bonds is 4. The summed E-state index contributed by atoms with van der Waals surface area (Å²) in [5, 5.41) is 12.8. The third-order valence-electron chi connectivity index (χ3n) is 6.55. The second-order valence-electron chi connectivity index (χ2n) is 7.94. The van der Waals surface area contributed by atoms with Gasteiger partial charge in [0.2, 0.25) is 17.7 Å². The van der Waals surface area contributed by atoms with Crippen molar-refractivity contribution in [2.75, 3.05) is 11.9 Å². The maximum atomic E-state index is 12.9. The van der Waals surface area contributed by atoms with Crippen molar-refractivity contribution in [1.82, 2.24) is 4.90 Å². The van der Waals surface area contributed by atoms with Crippen LogP contribution in [0.5, 0.6) is 5.75 Å². The smallest absolute Gasteiger partial charge is 0.233 e. The van der Waals surface area contributed by atoms with Crippen LogP contribution in [0.4, 0.5) is 5.69 Å². The third kappa shape index (κ3) is 2.50. The Morgan fingerprint density at radius 1 is 1.15 bits per heavy atom. The Labute approximate surface area is 161 Å². The number of hydrogen-bond acceptors (Lipinski definition) is 4. The van der Waals surface area contributed by atoms with E-state index in [-0.39, 0.29) is 65.8 Å². The van der Waals surface area contributed by atoms with Gasteiger partial charge in [-0.3, -0.25) is 19.3 Å². The van der Waals surface area contributed by atoms with Crippen LogP contribution in [0.15, 0.2) is 30.4 Å². The van der Waals surface area contributed by atoms with Crippen molar-refractivity contribution < 1.29 is 19.5 Å². The Balaban J connectivity index is 1.25. The molecule has 1 saturated heterocycles. The van der Waals surface area contributed by atoms with Crippen molar-refractivity contribution in [2.24, 2.45) is 35.5 Å². The summed E-state index contributed by atoms with van der Waals surface area (Å²) in [4.78, 5) is 39.2. The first-order valence-corrected chi connectivity index (χ1v) is 9.65. The van der Waals surface area contributed by atoms with Crippen LogP contribution >= 0.6 is 11.6 Å². The van der Waals surface area contributed by atoms with Crippen molar-refractivity contribution in [2.45, 2.75) is 12.8 Å². The second kappa shape index (κ2) is 5.83.